The zero-order chi connectivity index (χ0) is 15.9. The fourth-order valence-corrected chi connectivity index (χ4v) is 3.93. The minimum absolute atomic E-state index is 0.129. The van der Waals surface area contributed by atoms with Crippen molar-refractivity contribution < 1.29 is 9.59 Å². The van der Waals surface area contributed by atoms with Gasteiger partial charge in [-0.3, -0.25) is 9.69 Å². The highest BCUT2D eigenvalue weighted by Gasteiger charge is 2.54. The second kappa shape index (κ2) is 5.74. The van der Waals surface area contributed by atoms with Crippen LogP contribution in [0, 0.1) is 5.92 Å². The van der Waals surface area contributed by atoms with Crippen molar-refractivity contribution in [3.8, 4) is 0 Å². The minimum atomic E-state index is -0.728. The lowest BCUT2D eigenvalue weighted by Crippen LogP contribution is -2.53. The Morgan fingerprint density at radius 1 is 1.32 bits per heavy atom. The van der Waals surface area contributed by atoms with Crippen LogP contribution in [0.15, 0.2) is 18.2 Å². The van der Waals surface area contributed by atoms with Crippen molar-refractivity contribution in [3.05, 3.63) is 33.8 Å². The lowest BCUT2D eigenvalue weighted by molar-refractivity contribution is -0.134. The summed E-state index contributed by atoms with van der Waals surface area (Å²) < 4.78 is 0. The van der Waals surface area contributed by atoms with Crippen LogP contribution >= 0.6 is 23.2 Å². The van der Waals surface area contributed by atoms with Gasteiger partial charge in [0.2, 0.25) is 0 Å². The minimum Gasteiger partial charge on any atom is -0.323 e. The van der Waals surface area contributed by atoms with Gasteiger partial charge in [0.05, 0.1) is 6.54 Å². The van der Waals surface area contributed by atoms with Crippen LogP contribution in [-0.4, -0.2) is 22.4 Å². The Morgan fingerprint density at radius 2 is 2.09 bits per heavy atom. The number of benzene rings is 1. The monoisotopic (exact) mass is 340 g/mol. The van der Waals surface area contributed by atoms with Crippen LogP contribution in [0.1, 0.15) is 38.2 Å². The summed E-state index contributed by atoms with van der Waals surface area (Å²) in [6, 6.07) is 4.75. The fraction of sp³-hybridized carbons (Fsp3) is 0.500. The van der Waals surface area contributed by atoms with E-state index in [9.17, 15) is 9.59 Å². The standard InChI is InChI=1S/C16H18Cl2N2O2/c1-10-4-2-3-7-16(10)14(21)20(15(22)19-16)9-11-5-6-12(17)8-13(11)18/h5-6,8,10H,2-4,7,9H2,1H3,(H,19,22)/t10-,16-/m0/s1. The van der Waals surface area contributed by atoms with Gasteiger partial charge >= 0.3 is 6.03 Å². The van der Waals surface area contributed by atoms with Gasteiger partial charge in [-0.2, -0.15) is 0 Å². The average molecular weight is 341 g/mol. The van der Waals surface area contributed by atoms with E-state index in [1.54, 1.807) is 18.2 Å². The molecule has 1 saturated heterocycles. The van der Waals surface area contributed by atoms with Crippen molar-refractivity contribution in [2.24, 2.45) is 5.92 Å². The molecule has 6 heteroatoms. The molecule has 1 saturated carbocycles. The zero-order valence-electron chi connectivity index (χ0n) is 12.4. The Bertz CT molecular complexity index is 635. The number of hydrogen-bond acceptors (Lipinski definition) is 2. The van der Waals surface area contributed by atoms with Gasteiger partial charge < -0.3 is 5.32 Å². The Kier molecular flexibility index (Phi) is 4.08. The molecule has 1 aromatic rings. The number of nitrogens with zero attached hydrogens (tertiary/aromatic N) is 1. The number of rotatable bonds is 2. The predicted molar refractivity (Wildman–Crippen MR) is 85.9 cm³/mol. The summed E-state index contributed by atoms with van der Waals surface area (Å²) in [6.45, 7) is 2.21. The lowest BCUT2D eigenvalue weighted by atomic mass is 9.73. The molecule has 0 aromatic heterocycles. The lowest BCUT2D eigenvalue weighted by Gasteiger charge is -2.36. The van der Waals surface area contributed by atoms with Gasteiger partial charge in [-0.05, 0) is 36.5 Å². The molecule has 0 unspecified atom stereocenters. The van der Waals surface area contributed by atoms with E-state index in [-0.39, 0.29) is 24.4 Å². The van der Waals surface area contributed by atoms with E-state index in [4.69, 9.17) is 23.2 Å². The van der Waals surface area contributed by atoms with Crippen molar-refractivity contribution in [2.75, 3.05) is 0 Å². The summed E-state index contributed by atoms with van der Waals surface area (Å²) in [5, 5.41) is 3.93. The van der Waals surface area contributed by atoms with Gasteiger partial charge in [0.25, 0.3) is 5.91 Å². The van der Waals surface area contributed by atoms with Crippen LogP contribution in [0.4, 0.5) is 4.79 Å². The molecular weight excluding hydrogens is 323 g/mol. The summed E-state index contributed by atoms with van der Waals surface area (Å²) in [6.07, 6.45) is 3.74. The second-order valence-corrected chi connectivity index (χ2v) is 7.02. The highest BCUT2D eigenvalue weighted by atomic mass is 35.5. The molecule has 1 spiro atoms. The second-order valence-electron chi connectivity index (χ2n) is 6.18. The summed E-state index contributed by atoms with van der Waals surface area (Å²) in [4.78, 5) is 26.4. The largest absolute Gasteiger partial charge is 0.325 e. The molecule has 2 aliphatic rings. The van der Waals surface area contributed by atoms with E-state index in [0.717, 1.165) is 24.8 Å². The molecule has 118 valence electrons. The Labute approximate surface area is 139 Å². The normalized spacial score (nSPS) is 28.3. The van der Waals surface area contributed by atoms with Crippen molar-refractivity contribution in [1.29, 1.82) is 0 Å². The molecule has 0 bridgehead atoms. The quantitative estimate of drug-likeness (QED) is 0.827. The SMILES string of the molecule is C[C@H]1CCCC[C@]12NC(=O)N(Cc1ccc(Cl)cc1Cl)C2=O. The van der Waals surface area contributed by atoms with E-state index < -0.39 is 5.54 Å². The van der Waals surface area contributed by atoms with Gasteiger partial charge in [-0.15, -0.1) is 0 Å². The molecule has 22 heavy (non-hydrogen) atoms. The van der Waals surface area contributed by atoms with Gasteiger partial charge in [0.1, 0.15) is 5.54 Å². The van der Waals surface area contributed by atoms with E-state index in [0.29, 0.717) is 16.5 Å². The number of halogens is 2. The first kappa shape index (κ1) is 15.6. The summed E-state index contributed by atoms with van der Waals surface area (Å²) in [7, 11) is 0. The molecule has 1 aliphatic carbocycles. The van der Waals surface area contributed by atoms with Crippen molar-refractivity contribution >= 4 is 35.1 Å². The van der Waals surface area contributed by atoms with Crippen LogP contribution in [-0.2, 0) is 11.3 Å². The number of nitrogens with one attached hydrogen (secondary N) is 1. The Balaban J connectivity index is 1.86. The topological polar surface area (TPSA) is 49.4 Å². The number of carbonyl (C=O) groups excluding carboxylic acids is 2. The van der Waals surface area contributed by atoms with Gasteiger partial charge in [0, 0.05) is 10.0 Å². The van der Waals surface area contributed by atoms with Crippen LogP contribution in [0.2, 0.25) is 10.0 Å². The summed E-state index contributed by atoms with van der Waals surface area (Å²) in [5.74, 6) is 0.0270. The smallest absolute Gasteiger partial charge is 0.323 e. The van der Waals surface area contributed by atoms with Crippen molar-refractivity contribution in [1.82, 2.24) is 10.2 Å². The van der Waals surface area contributed by atoms with Crippen molar-refractivity contribution in [3.63, 3.8) is 0 Å². The highest BCUT2D eigenvalue weighted by molar-refractivity contribution is 6.35. The molecule has 2 atom stereocenters. The molecule has 1 aliphatic heterocycles. The van der Waals surface area contributed by atoms with Gasteiger partial charge in [-0.25, -0.2) is 4.79 Å². The summed E-state index contributed by atoms with van der Waals surface area (Å²) in [5.41, 5.74) is -0.0103. The first-order chi connectivity index (χ1) is 10.4. The first-order valence-corrected chi connectivity index (χ1v) is 8.27. The third kappa shape index (κ3) is 2.48. The predicted octanol–water partition coefficient (Wildman–Crippen LogP) is 3.99. The van der Waals surface area contributed by atoms with Crippen LogP contribution < -0.4 is 5.32 Å². The first-order valence-electron chi connectivity index (χ1n) is 7.52. The van der Waals surface area contributed by atoms with E-state index in [1.165, 1.54) is 4.90 Å². The maximum absolute atomic E-state index is 12.9. The third-order valence-electron chi connectivity index (χ3n) is 4.85. The third-order valence-corrected chi connectivity index (χ3v) is 5.43. The maximum atomic E-state index is 12.9. The van der Waals surface area contributed by atoms with Crippen LogP contribution in [0.25, 0.3) is 0 Å². The molecule has 4 nitrogen and oxygen atoms in total. The van der Waals surface area contributed by atoms with Gasteiger partial charge in [0.15, 0.2) is 0 Å². The number of urea groups is 1. The molecular formula is C16H18Cl2N2O2. The highest BCUT2D eigenvalue weighted by Crippen LogP contribution is 2.38. The Hall–Kier alpha value is -1.26. The molecule has 1 aromatic carbocycles. The molecule has 1 N–H and O–H groups in total. The number of hydrogen-bond donors (Lipinski definition) is 1. The molecule has 1 heterocycles. The summed E-state index contributed by atoms with van der Waals surface area (Å²) >= 11 is 12.0. The fourth-order valence-electron chi connectivity index (χ4n) is 3.46. The van der Waals surface area contributed by atoms with E-state index in [1.807, 2.05) is 6.92 Å². The number of imide groups is 1. The van der Waals surface area contributed by atoms with Gasteiger partial charge in [-0.1, -0.05) is 49.0 Å². The Morgan fingerprint density at radius 3 is 2.77 bits per heavy atom. The molecule has 2 fully saturated rings. The van der Waals surface area contributed by atoms with Crippen LogP contribution in [0.3, 0.4) is 0 Å². The number of carbonyl (C=O) groups is 2. The molecule has 3 rings (SSSR count). The molecule has 0 radical (unpaired) electrons. The molecule has 3 amide bonds. The van der Waals surface area contributed by atoms with E-state index >= 15 is 0 Å². The van der Waals surface area contributed by atoms with E-state index in [2.05, 4.69) is 5.32 Å². The maximum Gasteiger partial charge on any atom is 0.325 e. The zero-order valence-corrected chi connectivity index (χ0v) is 13.9. The number of amides is 3. The van der Waals surface area contributed by atoms with Crippen LogP contribution in [0.5, 0.6) is 0 Å². The average Bonchev–Trinajstić information content (AvgIpc) is 2.70. The van der Waals surface area contributed by atoms with Crippen molar-refractivity contribution in [2.45, 2.75) is 44.7 Å².